The van der Waals surface area contributed by atoms with Crippen LogP contribution in [0.1, 0.15) is 31.9 Å². The summed E-state index contributed by atoms with van der Waals surface area (Å²) in [5.74, 6) is -0.129. The first-order valence-corrected chi connectivity index (χ1v) is 11.7. The van der Waals surface area contributed by atoms with Crippen LogP contribution in [-0.2, 0) is 31.6 Å². The highest BCUT2D eigenvalue weighted by atomic mass is 31.2. The summed E-state index contributed by atoms with van der Waals surface area (Å²) in [6, 6.07) is 17.2. The number of para-hydroxylation sites is 1. The van der Waals surface area contributed by atoms with Crippen LogP contribution in [0.15, 0.2) is 54.6 Å². The predicted octanol–water partition coefficient (Wildman–Crippen LogP) is 4.58. The van der Waals surface area contributed by atoms with E-state index in [4.69, 9.17) is 13.8 Å². The topological polar surface area (TPSA) is 73.9 Å². The van der Waals surface area contributed by atoms with E-state index in [0.29, 0.717) is 18.8 Å². The number of ether oxygens (including phenoxy) is 1. The standard InChI is InChI=1S/C22H30NO5P/c1-4-19-11-13-20(14-12-19)17-23-15-16-29(25,27-18(3)22(24)26-5-2)28-21-9-7-6-8-10-21/h6-14,18,23H,4-5,15-17H2,1-3H3/t18-,29?/m0/s1. The second-order valence-corrected chi connectivity index (χ2v) is 8.65. The zero-order chi connectivity index (χ0) is 21.1. The van der Waals surface area contributed by atoms with Gasteiger partial charge in [0.05, 0.1) is 12.8 Å². The molecule has 1 unspecified atom stereocenters. The molecule has 0 saturated carbocycles. The normalized spacial score (nSPS) is 14.0. The number of esters is 1. The Hall–Kier alpha value is -2.14. The highest BCUT2D eigenvalue weighted by Gasteiger charge is 2.32. The third kappa shape index (κ3) is 8.01. The molecule has 0 bridgehead atoms. The molecule has 0 aliphatic carbocycles. The van der Waals surface area contributed by atoms with Gasteiger partial charge in [-0.15, -0.1) is 0 Å². The van der Waals surface area contributed by atoms with Gasteiger partial charge in [-0.05, 0) is 43.5 Å². The molecule has 2 aromatic carbocycles. The molecule has 0 aliphatic rings. The fourth-order valence-electron chi connectivity index (χ4n) is 2.65. The highest BCUT2D eigenvalue weighted by molar-refractivity contribution is 7.54. The van der Waals surface area contributed by atoms with Gasteiger partial charge in [-0.2, -0.15) is 0 Å². The summed E-state index contributed by atoms with van der Waals surface area (Å²) in [7, 11) is -3.57. The minimum atomic E-state index is -3.57. The summed E-state index contributed by atoms with van der Waals surface area (Å²) < 4.78 is 29.5. The van der Waals surface area contributed by atoms with E-state index in [1.807, 2.05) is 6.07 Å². The van der Waals surface area contributed by atoms with Gasteiger partial charge in [-0.1, -0.05) is 49.4 Å². The molecule has 2 aromatic rings. The first-order valence-electron chi connectivity index (χ1n) is 9.93. The molecule has 1 N–H and O–H groups in total. The maximum atomic E-state index is 13.3. The van der Waals surface area contributed by atoms with Crippen molar-refractivity contribution in [1.82, 2.24) is 5.32 Å². The van der Waals surface area contributed by atoms with Gasteiger partial charge < -0.3 is 14.6 Å². The Balaban J connectivity index is 1.96. The maximum Gasteiger partial charge on any atom is 0.381 e. The van der Waals surface area contributed by atoms with Gasteiger partial charge in [-0.25, -0.2) is 9.36 Å². The van der Waals surface area contributed by atoms with Crippen molar-refractivity contribution in [3.8, 4) is 5.75 Å². The fraction of sp³-hybridized carbons (Fsp3) is 0.409. The molecule has 0 saturated heterocycles. The summed E-state index contributed by atoms with van der Waals surface area (Å²) in [5, 5.41) is 3.26. The van der Waals surface area contributed by atoms with Crippen LogP contribution in [0, 0.1) is 0 Å². The predicted molar refractivity (Wildman–Crippen MR) is 114 cm³/mol. The molecule has 0 fully saturated rings. The van der Waals surface area contributed by atoms with Gasteiger partial charge in [0, 0.05) is 13.1 Å². The van der Waals surface area contributed by atoms with E-state index in [9.17, 15) is 9.36 Å². The second kappa shape index (κ2) is 11.8. The largest absolute Gasteiger partial charge is 0.464 e. The zero-order valence-electron chi connectivity index (χ0n) is 17.3. The maximum absolute atomic E-state index is 13.3. The molecule has 0 amide bonds. The van der Waals surface area contributed by atoms with Crippen molar-refractivity contribution in [3.63, 3.8) is 0 Å². The number of hydrogen-bond acceptors (Lipinski definition) is 6. The number of carbonyl (C=O) groups is 1. The lowest BCUT2D eigenvalue weighted by Crippen LogP contribution is -2.26. The van der Waals surface area contributed by atoms with Crippen molar-refractivity contribution in [3.05, 3.63) is 65.7 Å². The van der Waals surface area contributed by atoms with Crippen LogP contribution in [0.4, 0.5) is 0 Å². The second-order valence-electron chi connectivity index (χ2n) is 6.59. The lowest BCUT2D eigenvalue weighted by molar-refractivity contribution is -0.150. The van der Waals surface area contributed by atoms with E-state index in [1.165, 1.54) is 12.5 Å². The Morgan fingerprint density at radius 1 is 1.03 bits per heavy atom. The Bertz CT molecular complexity index is 795. The molecule has 2 atom stereocenters. The summed E-state index contributed by atoms with van der Waals surface area (Å²) in [4.78, 5) is 11.9. The van der Waals surface area contributed by atoms with Crippen molar-refractivity contribution in [1.29, 1.82) is 0 Å². The van der Waals surface area contributed by atoms with Crippen LogP contribution in [0.5, 0.6) is 5.75 Å². The Morgan fingerprint density at radius 2 is 1.69 bits per heavy atom. The third-order valence-electron chi connectivity index (χ3n) is 4.25. The monoisotopic (exact) mass is 419 g/mol. The number of hydrogen-bond donors (Lipinski definition) is 1. The molecular formula is C22H30NO5P. The molecule has 0 heterocycles. The lowest BCUT2D eigenvalue weighted by Gasteiger charge is -2.22. The third-order valence-corrected chi connectivity index (χ3v) is 6.15. The minimum absolute atomic E-state index is 0.124. The van der Waals surface area contributed by atoms with Crippen LogP contribution in [-0.4, -0.2) is 31.4 Å². The first-order chi connectivity index (χ1) is 14.0. The molecule has 158 valence electrons. The van der Waals surface area contributed by atoms with E-state index in [0.717, 1.165) is 12.0 Å². The number of aryl methyl sites for hydroxylation is 1. The molecule has 0 spiro atoms. The van der Waals surface area contributed by atoms with Gasteiger partial charge in [-0.3, -0.25) is 4.52 Å². The number of rotatable bonds is 12. The van der Waals surface area contributed by atoms with Crippen molar-refractivity contribution in [2.45, 2.75) is 39.8 Å². The number of nitrogens with one attached hydrogen (secondary N) is 1. The van der Waals surface area contributed by atoms with Crippen molar-refractivity contribution >= 4 is 13.6 Å². The molecule has 2 rings (SSSR count). The van der Waals surface area contributed by atoms with Gasteiger partial charge in [0.25, 0.3) is 0 Å². The van der Waals surface area contributed by atoms with E-state index >= 15 is 0 Å². The van der Waals surface area contributed by atoms with E-state index < -0.39 is 19.7 Å². The smallest absolute Gasteiger partial charge is 0.381 e. The summed E-state index contributed by atoms with van der Waals surface area (Å²) in [6.45, 7) is 6.63. The Morgan fingerprint density at radius 3 is 2.31 bits per heavy atom. The zero-order valence-corrected chi connectivity index (χ0v) is 18.2. The van der Waals surface area contributed by atoms with Crippen LogP contribution >= 0.6 is 7.60 Å². The van der Waals surface area contributed by atoms with Crippen molar-refractivity contribution < 1.29 is 23.1 Å². The van der Waals surface area contributed by atoms with Crippen LogP contribution in [0.3, 0.4) is 0 Å². The first kappa shape index (κ1) is 23.1. The van der Waals surface area contributed by atoms with Gasteiger partial charge in [0.2, 0.25) is 0 Å². The SMILES string of the molecule is CCOC(=O)[C@H](C)OP(=O)(CCNCc1ccc(CC)cc1)Oc1ccccc1. The Kier molecular flexibility index (Phi) is 9.39. The molecular weight excluding hydrogens is 389 g/mol. The Labute approximate surface area is 173 Å². The van der Waals surface area contributed by atoms with Gasteiger partial charge in [0.15, 0.2) is 6.10 Å². The average molecular weight is 419 g/mol. The molecule has 0 radical (unpaired) electrons. The lowest BCUT2D eigenvalue weighted by atomic mass is 10.1. The molecule has 0 aliphatic heterocycles. The number of benzene rings is 2. The fourth-order valence-corrected chi connectivity index (χ4v) is 4.33. The van der Waals surface area contributed by atoms with Crippen molar-refractivity contribution in [2.75, 3.05) is 19.3 Å². The van der Waals surface area contributed by atoms with Crippen LogP contribution in [0.25, 0.3) is 0 Å². The molecule has 29 heavy (non-hydrogen) atoms. The summed E-state index contributed by atoms with van der Waals surface area (Å²) >= 11 is 0. The van der Waals surface area contributed by atoms with Gasteiger partial charge >= 0.3 is 13.6 Å². The van der Waals surface area contributed by atoms with Crippen LogP contribution in [0.2, 0.25) is 0 Å². The van der Waals surface area contributed by atoms with Gasteiger partial charge in [0.1, 0.15) is 5.75 Å². The van der Waals surface area contributed by atoms with E-state index in [-0.39, 0.29) is 12.8 Å². The average Bonchev–Trinajstić information content (AvgIpc) is 2.72. The van der Waals surface area contributed by atoms with Crippen molar-refractivity contribution in [2.24, 2.45) is 0 Å². The van der Waals surface area contributed by atoms with E-state index in [2.05, 4.69) is 36.5 Å². The summed E-state index contributed by atoms with van der Waals surface area (Å²) in [6.07, 6.45) is 0.147. The molecule has 7 heteroatoms. The van der Waals surface area contributed by atoms with Crippen LogP contribution < -0.4 is 9.84 Å². The molecule has 6 nitrogen and oxygen atoms in total. The molecule has 0 aromatic heterocycles. The minimum Gasteiger partial charge on any atom is -0.464 e. The highest BCUT2D eigenvalue weighted by Crippen LogP contribution is 2.49. The quantitative estimate of drug-likeness (QED) is 0.308. The van der Waals surface area contributed by atoms with E-state index in [1.54, 1.807) is 31.2 Å². The number of carbonyl (C=O) groups excluding carboxylic acids is 1. The summed E-state index contributed by atoms with van der Waals surface area (Å²) in [5.41, 5.74) is 2.43.